The molecule has 0 saturated carbocycles. The lowest BCUT2D eigenvalue weighted by Crippen LogP contribution is -2.18. The van der Waals surface area contributed by atoms with E-state index in [1.54, 1.807) is 0 Å². The van der Waals surface area contributed by atoms with Gasteiger partial charge in [0.05, 0.1) is 0 Å². The number of aromatic carboxylic acids is 1. The number of nitrogens with zero attached hydrogens (tertiary/aromatic N) is 1. The summed E-state index contributed by atoms with van der Waals surface area (Å²) in [5.74, 6) is -1.58. The Morgan fingerprint density at radius 2 is 2.16 bits per heavy atom. The minimum atomic E-state index is -4.60. The number of carbonyl (C=O) groups is 1. The second-order valence-electron chi connectivity index (χ2n) is 3.82. The summed E-state index contributed by atoms with van der Waals surface area (Å²) in [5, 5.41) is 11.7. The summed E-state index contributed by atoms with van der Waals surface area (Å²) < 4.78 is 37.6. The van der Waals surface area contributed by atoms with Crippen molar-refractivity contribution in [1.29, 1.82) is 0 Å². The van der Waals surface area contributed by atoms with Gasteiger partial charge in [-0.25, -0.2) is 9.78 Å². The van der Waals surface area contributed by atoms with E-state index in [0.717, 1.165) is 6.07 Å². The van der Waals surface area contributed by atoms with Crippen LogP contribution in [0.1, 0.15) is 23.0 Å². The Morgan fingerprint density at radius 1 is 1.53 bits per heavy atom. The average molecular weight is 294 g/mol. The van der Waals surface area contributed by atoms with E-state index in [0.29, 0.717) is 12.6 Å². The summed E-state index contributed by atoms with van der Waals surface area (Å²) in [5.41, 5.74) is -1.39. The molecule has 106 valence electrons. The third-order valence-electron chi connectivity index (χ3n) is 2.38. The second kappa shape index (κ2) is 6.14. The van der Waals surface area contributed by atoms with E-state index in [1.807, 2.05) is 13.2 Å². The predicted octanol–water partition coefficient (Wildman–Crippen LogP) is 2.96. The standard InChI is InChI=1S/C11H13F3N2O2S/c1-6(19-2)5-15-9-7(10(17)18)3-4-8(16-9)11(12,13)14/h3-4,6H,5H2,1-2H3,(H,15,16)(H,17,18). The van der Waals surface area contributed by atoms with Crippen LogP contribution in [0.15, 0.2) is 12.1 Å². The maximum Gasteiger partial charge on any atom is 0.433 e. The minimum absolute atomic E-state index is 0.123. The van der Waals surface area contributed by atoms with Crippen LogP contribution in [0.2, 0.25) is 0 Å². The Labute approximate surface area is 112 Å². The molecular weight excluding hydrogens is 281 g/mol. The molecule has 0 aliphatic carbocycles. The third-order valence-corrected chi connectivity index (χ3v) is 3.35. The molecule has 1 unspecified atom stereocenters. The number of hydrogen-bond donors (Lipinski definition) is 2. The molecule has 2 N–H and O–H groups in total. The van der Waals surface area contributed by atoms with Gasteiger partial charge in [-0.15, -0.1) is 0 Å². The monoisotopic (exact) mass is 294 g/mol. The maximum atomic E-state index is 12.5. The molecule has 1 aromatic rings. The Bertz CT molecular complexity index is 466. The largest absolute Gasteiger partial charge is 0.478 e. The number of pyridine rings is 1. The molecule has 0 spiro atoms. The number of rotatable bonds is 5. The average Bonchev–Trinajstić information content (AvgIpc) is 2.34. The zero-order chi connectivity index (χ0) is 14.6. The highest BCUT2D eigenvalue weighted by Gasteiger charge is 2.33. The molecule has 1 aromatic heterocycles. The van der Waals surface area contributed by atoms with Crippen molar-refractivity contribution in [2.45, 2.75) is 18.3 Å². The van der Waals surface area contributed by atoms with Gasteiger partial charge in [-0.1, -0.05) is 6.92 Å². The van der Waals surface area contributed by atoms with Crippen molar-refractivity contribution in [3.63, 3.8) is 0 Å². The first kappa shape index (κ1) is 15.6. The fraction of sp³-hybridized carbons (Fsp3) is 0.455. The molecule has 0 fully saturated rings. The molecular formula is C11H13F3N2O2S. The summed E-state index contributed by atoms with van der Waals surface area (Å²) in [6.07, 6.45) is -2.75. The van der Waals surface area contributed by atoms with E-state index in [2.05, 4.69) is 10.3 Å². The summed E-state index contributed by atoms with van der Waals surface area (Å²) in [4.78, 5) is 14.3. The number of carboxylic acids is 1. The van der Waals surface area contributed by atoms with E-state index in [1.165, 1.54) is 11.8 Å². The van der Waals surface area contributed by atoms with Crippen molar-refractivity contribution in [3.05, 3.63) is 23.4 Å². The lowest BCUT2D eigenvalue weighted by atomic mass is 10.2. The van der Waals surface area contributed by atoms with Gasteiger partial charge in [0.1, 0.15) is 17.1 Å². The smallest absolute Gasteiger partial charge is 0.433 e. The Kier molecular flexibility index (Phi) is 5.04. The predicted molar refractivity (Wildman–Crippen MR) is 67.7 cm³/mol. The number of alkyl halides is 3. The van der Waals surface area contributed by atoms with Gasteiger partial charge in [0.2, 0.25) is 0 Å². The van der Waals surface area contributed by atoms with Crippen molar-refractivity contribution in [2.24, 2.45) is 0 Å². The van der Waals surface area contributed by atoms with Gasteiger partial charge < -0.3 is 10.4 Å². The zero-order valence-corrected chi connectivity index (χ0v) is 11.1. The van der Waals surface area contributed by atoms with E-state index >= 15 is 0 Å². The molecule has 1 atom stereocenters. The molecule has 19 heavy (non-hydrogen) atoms. The minimum Gasteiger partial charge on any atom is -0.478 e. The SMILES string of the molecule is CSC(C)CNc1nc(C(F)(F)F)ccc1C(=O)O. The van der Waals surface area contributed by atoms with Crippen LogP contribution in [0.25, 0.3) is 0 Å². The van der Waals surface area contributed by atoms with E-state index in [4.69, 9.17) is 5.11 Å². The van der Waals surface area contributed by atoms with Gasteiger partial charge in [0.15, 0.2) is 0 Å². The van der Waals surface area contributed by atoms with Gasteiger partial charge in [-0.05, 0) is 18.4 Å². The normalized spacial score (nSPS) is 13.1. The van der Waals surface area contributed by atoms with Crippen LogP contribution >= 0.6 is 11.8 Å². The first-order valence-corrected chi connectivity index (χ1v) is 6.62. The summed E-state index contributed by atoms with van der Waals surface area (Å²) in [7, 11) is 0. The van der Waals surface area contributed by atoms with Gasteiger partial charge in [0, 0.05) is 11.8 Å². The number of aromatic nitrogens is 1. The third kappa shape index (κ3) is 4.30. The fourth-order valence-corrected chi connectivity index (χ4v) is 1.50. The number of anilines is 1. The summed E-state index contributed by atoms with van der Waals surface area (Å²) in [6.45, 7) is 2.20. The molecule has 1 rings (SSSR count). The van der Waals surface area contributed by atoms with Crippen LogP contribution in [0.4, 0.5) is 19.0 Å². The molecule has 0 radical (unpaired) electrons. The number of carboxylic acid groups (broad SMARTS) is 1. The van der Waals surface area contributed by atoms with Crippen LogP contribution < -0.4 is 5.32 Å². The highest BCUT2D eigenvalue weighted by atomic mass is 32.2. The number of hydrogen-bond acceptors (Lipinski definition) is 4. The second-order valence-corrected chi connectivity index (χ2v) is 5.10. The fourth-order valence-electron chi connectivity index (χ4n) is 1.25. The number of thioether (sulfide) groups is 1. The maximum absolute atomic E-state index is 12.5. The van der Waals surface area contributed by atoms with E-state index in [-0.39, 0.29) is 16.6 Å². The van der Waals surface area contributed by atoms with Gasteiger partial charge >= 0.3 is 12.1 Å². The zero-order valence-electron chi connectivity index (χ0n) is 10.3. The van der Waals surface area contributed by atoms with Gasteiger partial charge in [-0.3, -0.25) is 0 Å². The molecule has 1 heterocycles. The molecule has 0 aliphatic heterocycles. The quantitative estimate of drug-likeness (QED) is 0.874. The number of halogens is 3. The molecule has 8 heteroatoms. The molecule has 4 nitrogen and oxygen atoms in total. The number of nitrogens with one attached hydrogen (secondary N) is 1. The highest BCUT2D eigenvalue weighted by molar-refractivity contribution is 7.99. The van der Waals surface area contributed by atoms with Crippen molar-refractivity contribution in [3.8, 4) is 0 Å². The molecule has 0 amide bonds. The molecule has 0 aromatic carbocycles. The first-order valence-electron chi connectivity index (χ1n) is 5.34. The van der Waals surface area contributed by atoms with Crippen LogP contribution in [0, 0.1) is 0 Å². The van der Waals surface area contributed by atoms with E-state index in [9.17, 15) is 18.0 Å². The lowest BCUT2D eigenvalue weighted by molar-refractivity contribution is -0.141. The van der Waals surface area contributed by atoms with Crippen molar-refractivity contribution >= 4 is 23.5 Å². The molecule has 0 bridgehead atoms. The van der Waals surface area contributed by atoms with Crippen molar-refractivity contribution in [1.82, 2.24) is 4.98 Å². The summed E-state index contributed by atoms with van der Waals surface area (Å²) in [6, 6.07) is 1.57. The highest BCUT2D eigenvalue weighted by Crippen LogP contribution is 2.29. The Balaban J connectivity index is 3.06. The van der Waals surface area contributed by atoms with Crippen molar-refractivity contribution < 1.29 is 23.1 Å². The van der Waals surface area contributed by atoms with E-state index < -0.39 is 17.8 Å². The Morgan fingerprint density at radius 3 is 2.63 bits per heavy atom. The Hall–Kier alpha value is -1.44. The first-order chi connectivity index (χ1) is 8.75. The lowest BCUT2D eigenvalue weighted by Gasteiger charge is -2.14. The summed E-state index contributed by atoms with van der Waals surface area (Å²) >= 11 is 1.51. The van der Waals surface area contributed by atoms with Crippen molar-refractivity contribution in [2.75, 3.05) is 18.1 Å². The van der Waals surface area contributed by atoms with Crippen LogP contribution in [-0.2, 0) is 6.18 Å². The molecule has 0 saturated heterocycles. The van der Waals surface area contributed by atoms with Gasteiger partial charge in [-0.2, -0.15) is 24.9 Å². The molecule has 0 aliphatic rings. The topological polar surface area (TPSA) is 62.2 Å². The van der Waals surface area contributed by atoms with Crippen LogP contribution in [-0.4, -0.2) is 34.1 Å². The van der Waals surface area contributed by atoms with Crippen LogP contribution in [0.5, 0.6) is 0 Å². The van der Waals surface area contributed by atoms with Crippen LogP contribution in [0.3, 0.4) is 0 Å². The van der Waals surface area contributed by atoms with Gasteiger partial charge in [0.25, 0.3) is 0 Å².